The number of rotatable bonds is 7. The SMILES string of the molecule is CCOC(=O)c1cccc(Nc2cc(Nc3ccc(C4CCCCC4)cc3)cc(C(F)(F)F)c2)n1. The molecule has 0 amide bonds. The zero-order valence-electron chi connectivity index (χ0n) is 19.5. The number of halogens is 3. The number of nitrogens with zero attached hydrogens (tertiary/aromatic N) is 1. The number of benzene rings is 2. The van der Waals surface area contributed by atoms with Gasteiger partial charge in [0, 0.05) is 17.1 Å². The number of hydrogen-bond acceptors (Lipinski definition) is 5. The number of aromatic nitrogens is 1. The third kappa shape index (κ3) is 6.53. The average Bonchev–Trinajstić information content (AvgIpc) is 2.85. The first-order valence-electron chi connectivity index (χ1n) is 11.8. The zero-order chi connectivity index (χ0) is 24.8. The Kier molecular flexibility index (Phi) is 7.58. The average molecular weight is 484 g/mol. The first-order chi connectivity index (χ1) is 16.8. The molecule has 1 aromatic heterocycles. The maximum atomic E-state index is 13.6. The van der Waals surface area contributed by atoms with E-state index in [4.69, 9.17) is 4.74 Å². The van der Waals surface area contributed by atoms with Crippen molar-refractivity contribution in [3.05, 3.63) is 77.5 Å². The number of ether oxygens (including phenoxy) is 1. The van der Waals surface area contributed by atoms with Gasteiger partial charge in [-0.1, -0.05) is 37.5 Å². The van der Waals surface area contributed by atoms with Crippen LogP contribution in [0.3, 0.4) is 0 Å². The van der Waals surface area contributed by atoms with Crippen molar-refractivity contribution >= 4 is 28.8 Å². The molecular formula is C27H28F3N3O2. The third-order valence-electron chi connectivity index (χ3n) is 6.04. The van der Waals surface area contributed by atoms with E-state index in [2.05, 4.69) is 27.8 Å². The maximum Gasteiger partial charge on any atom is 0.416 e. The molecule has 1 fully saturated rings. The van der Waals surface area contributed by atoms with Crippen molar-refractivity contribution in [3.8, 4) is 0 Å². The van der Waals surface area contributed by atoms with E-state index >= 15 is 0 Å². The molecule has 0 radical (unpaired) electrons. The molecule has 2 N–H and O–H groups in total. The number of anilines is 4. The van der Waals surface area contributed by atoms with Gasteiger partial charge in [-0.15, -0.1) is 0 Å². The smallest absolute Gasteiger partial charge is 0.416 e. The lowest BCUT2D eigenvalue weighted by molar-refractivity contribution is -0.137. The summed E-state index contributed by atoms with van der Waals surface area (Å²) in [7, 11) is 0. The second kappa shape index (κ2) is 10.8. The van der Waals surface area contributed by atoms with Gasteiger partial charge in [-0.2, -0.15) is 13.2 Å². The maximum absolute atomic E-state index is 13.6. The zero-order valence-corrected chi connectivity index (χ0v) is 19.5. The van der Waals surface area contributed by atoms with Crippen LogP contribution in [0.1, 0.15) is 66.6 Å². The van der Waals surface area contributed by atoms with E-state index in [9.17, 15) is 18.0 Å². The summed E-state index contributed by atoms with van der Waals surface area (Å²) in [5, 5.41) is 5.96. The number of nitrogens with one attached hydrogen (secondary N) is 2. The summed E-state index contributed by atoms with van der Waals surface area (Å²) >= 11 is 0. The molecule has 1 saturated carbocycles. The number of carbonyl (C=O) groups is 1. The van der Waals surface area contributed by atoms with Crippen molar-refractivity contribution < 1.29 is 22.7 Å². The van der Waals surface area contributed by atoms with Gasteiger partial charge in [0.05, 0.1) is 12.2 Å². The summed E-state index contributed by atoms with van der Waals surface area (Å²) in [6, 6.07) is 16.2. The Morgan fingerprint density at radius 1 is 0.943 bits per heavy atom. The van der Waals surface area contributed by atoms with Crippen LogP contribution in [0.15, 0.2) is 60.7 Å². The molecule has 0 unspecified atom stereocenters. The molecule has 1 heterocycles. The molecule has 4 rings (SSSR count). The highest BCUT2D eigenvalue weighted by molar-refractivity contribution is 5.87. The Morgan fingerprint density at radius 2 is 1.63 bits per heavy atom. The molecule has 8 heteroatoms. The lowest BCUT2D eigenvalue weighted by Crippen LogP contribution is -2.09. The molecule has 0 aliphatic heterocycles. The van der Waals surface area contributed by atoms with Crippen molar-refractivity contribution in [1.82, 2.24) is 4.98 Å². The fourth-order valence-electron chi connectivity index (χ4n) is 4.35. The first kappa shape index (κ1) is 24.6. The summed E-state index contributed by atoms with van der Waals surface area (Å²) in [5.41, 5.74) is 1.72. The van der Waals surface area contributed by atoms with Gasteiger partial charge in [0.25, 0.3) is 0 Å². The van der Waals surface area contributed by atoms with Gasteiger partial charge in [-0.05, 0) is 73.7 Å². The first-order valence-corrected chi connectivity index (χ1v) is 11.8. The van der Waals surface area contributed by atoms with Crippen LogP contribution in [0.2, 0.25) is 0 Å². The van der Waals surface area contributed by atoms with E-state index in [0.717, 1.165) is 12.1 Å². The van der Waals surface area contributed by atoms with Crippen LogP contribution in [0, 0.1) is 0 Å². The van der Waals surface area contributed by atoms with Crippen molar-refractivity contribution in [3.63, 3.8) is 0 Å². The Labute approximate surface area is 202 Å². The monoisotopic (exact) mass is 483 g/mol. The molecule has 184 valence electrons. The number of esters is 1. The van der Waals surface area contributed by atoms with Crippen LogP contribution >= 0.6 is 0 Å². The summed E-state index contributed by atoms with van der Waals surface area (Å²) in [6.45, 7) is 1.88. The second-order valence-electron chi connectivity index (χ2n) is 8.63. The van der Waals surface area contributed by atoms with E-state index in [0.29, 0.717) is 11.6 Å². The quantitative estimate of drug-likeness (QED) is 0.336. The highest BCUT2D eigenvalue weighted by atomic mass is 19.4. The van der Waals surface area contributed by atoms with Gasteiger partial charge in [-0.3, -0.25) is 0 Å². The van der Waals surface area contributed by atoms with E-state index in [1.165, 1.54) is 43.7 Å². The minimum Gasteiger partial charge on any atom is -0.461 e. The molecule has 5 nitrogen and oxygen atoms in total. The molecule has 35 heavy (non-hydrogen) atoms. The van der Waals surface area contributed by atoms with Gasteiger partial charge >= 0.3 is 12.1 Å². The molecule has 1 aliphatic rings. The van der Waals surface area contributed by atoms with Crippen LogP contribution in [-0.4, -0.2) is 17.6 Å². The molecular weight excluding hydrogens is 455 g/mol. The van der Waals surface area contributed by atoms with Crippen molar-refractivity contribution in [2.24, 2.45) is 0 Å². The second-order valence-corrected chi connectivity index (χ2v) is 8.63. The molecule has 0 bridgehead atoms. The number of pyridine rings is 1. The van der Waals surface area contributed by atoms with Crippen LogP contribution in [0.5, 0.6) is 0 Å². The highest BCUT2D eigenvalue weighted by Gasteiger charge is 2.31. The minimum absolute atomic E-state index is 0.0697. The predicted octanol–water partition coefficient (Wildman–Crippen LogP) is 7.81. The van der Waals surface area contributed by atoms with Crippen molar-refractivity contribution in [2.45, 2.75) is 51.1 Å². The minimum atomic E-state index is -4.53. The number of alkyl halides is 3. The van der Waals surface area contributed by atoms with E-state index in [1.54, 1.807) is 25.1 Å². The largest absolute Gasteiger partial charge is 0.461 e. The Balaban J connectivity index is 1.55. The third-order valence-corrected chi connectivity index (χ3v) is 6.04. The fourth-order valence-corrected chi connectivity index (χ4v) is 4.35. The Bertz CT molecular complexity index is 1160. The van der Waals surface area contributed by atoms with E-state index in [-0.39, 0.29) is 29.5 Å². The van der Waals surface area contributed by atoms with Crippen LogP contribution < -0.4 is 10.6 Å². The van der Waals surface area contributed by atoms with Crippen LogP contribution in [0.25, 0.3) is 0 Å². The Morgan fingerprint density at radius 3 is 2.29 bits per heavy atom. The molecule has 0 saturated heterocycles. The normalized spacial score (nSPS) is 14.4. The molecule has 1 aliphatic carbocycles. The molecule has 0 spiro atoms. The summed E-state index contributed by atoms with van der Waals surface area (Å²) in [5.74, 6) is 0.192. The van der Waals surface area contributed by atoms with Crippen LogP contribution in [0.4, 0.5) is 36.1 Å². The van der Waals surface area contributed by atoms with E-state index < -0.39 is 17.7 Å². The number of hydrogen-bond donors (Lipinski definition) is 2. The Hall–Kier alpha value is -3.55. The lowest BCUT2D eigenvalue weighted by Gasteiger charge is -2.22. The fraction of sp³-hybridized carbons (Fsp3) is 0.333. The van der Waals surface area contributed by atoms with Crippen LogP contribution in [-0.2, 0) is 10.9 Å². The number of carbonyl (C=O) groups excluding carboxylic acids is 1. The van der Waals surface area contributed by atoms with Crippen molar-refractivity contribution in [2.75, 3.05) is 17.2 Å². The standard InChI is InChI=1S/C27H28F3N3O2/c1-2-35-26(34)24-9-6-10-25(33-24)32-23-16-20(27(28,29)30)15-22(17-23)31-21-13-11-19(12-14-21)18-7-4-3-5-8-18/h6,9-18,31H,2-5,7-8H2,1H3,(H,32,33). The van der Waals surface area contributed by atoms with Gasteiger partial charge in [-0.25, -0.2) is 9.78 Å². The van der Waals surface area contributed by atoms with Gasteiger partial charge < -0.3 is 15.4 Å². The molecule has 2 aromatic carbocycles. The van der Waals surface area contributed by atoms with Gasteiger partial charge in [0.2, 0.25) is 0 Å². The van der Waals surface area contributed by atoms with Gasteiger partial charge in [0.15, 0.2) is 5.69 Å². The molecule has 0 atom stereocenters. The lowest BCUT2D eigenvalue weighted by atomic mass is 9.84. The topological polar surface area (TPSA) is 63.2 Å². The van der Waals surface area contributed by atoms with Crippen molar-refractivity contribution in [1.29, 1.82) is 0 Å². The molecule has 3 aromatic rings. The summed E-state index contributed by atoms with van der Waals surface area (Å²) < 4.78 is 45.8. The highest BCUT2D eigenvalue weighted by Crippen LogP contribution is 2.36. The van der Waals surface area contributed by atoms with Gasteiger partial charge in [0.1, 0.15) is 5.82 Å². The van der Waals surface area contributed by atoms with E-state index in [1.807, 2.05) is 12.1 Å². The summed E-state index contributed by atoms with van der Waals surface area (Å²) in [4.78, 5) is 16.1. The predicted molar refractivity (Wildman–Crippen MR) is 130 cm³/mol. The summed E-state index contributed by atoms with van der Waals surface area (Å²) in [6.07, 6.45) is 1.59.